The summed E-state index contributed by atoms with van der Waals surface area (Å²) in [6.45, 7) is 13.3. The van der Waals surface area contributed by atoms with Crippen LogP contribution < -0.4 is 5.32 Å². The molecule has 1 aromatic rings. The van der Waals surface area contributed by atoms with Crippen molar-refractivity contribution in [3.8, 4) is 0 Å². The Bertz CT molecular complexity index is 488. The first kappa shape index (κ1) is 16.4. The van der Waals surface area contributed by atoms with Gasteiger partial charge in [-0.05, 0) is 6.92 Å². The molecule has 0 unspecified atom stereocenters. The van der Waals surface area contributed by atoms with Gasteiger partial charge in [0.25, 0.3) is 5.91 Å². The van der Waals surface area contributed by atoms with Crippen molar-refractivity contribution in [2.45, 2.75) is 33.1 Å². The lowest BCUT2D eigenvalue weighted by atomic mass is 9.98. The predicted molar refractivity (Wildman–Crippen MR) is 85.1 cm³/mol. The normalized spacial score (nSPS) is 17.0. The largest absolute Gasteiger partial charge is 0.379 e. The standard InChI is InChI=1S/C15H25N3O2S/c1-11-12(21-14(17-11)15(2,3)4)13(19)16-5-6-18-7-9-20-10-8-18/h5-10H2,1-4H3,(H,16,19). The van der Waals surface area contributed by atoms with Crippen molar-refractivity contribution in [2.24, 2.45) is 0 Å². The molecule has 21 heavy (non-hydrogen) atoms. The van der Waals surface area contributed by atoms with Crippen LogP contribution in [0.2, 0.25) is 0 Å². The van der Waals surface area contributed by atoms with Gasteiger partial charge in [-0.1, -0.05) is 20.8 Å². The number of hydrogen-bond donors (Lipinski definition) is 1. The molecule has 1 aliphatic rings. The first-order valence-corrected chi connectivity index (χ1v) is 8.26. The lowest BCUT2D eigenvalue weighted by Gasteiger charge is -2.26. The van der Waals surface area contributed by atoms with Crippen LogP contribution in [0.5, 0.6) is 0 Å². The number of aryl methyl sites for hydroxylation is 1. The summed E-state index contributed by atoms with van der Waals surface area (Å²) in [4.78, 5) is 19.8. The van der Waals surface area contributed by atoms with Crippen LogP contribution in [0.15, 0.2) is 0 Å². The Labute approximate surface area is 130 Å². The van der Waals surface area contributed by atoms with E-state index in [1.165, 1.54) is 11.3 Å². The molecule has 0 saturated carbocycles. The molecule has 1 fully saturated rings. The number of hydrogen-bond acceptors (Lipinski definition) is 5. The molecule has 0 atom stereocenters. The fraction of sp³-hybridized carbons (Fsp3) is 0.733. The van der Waals surface area contributed by atoms with Crippen molar-refractivity contribution in [2.75, 3.05) is 39.4 Å². The zero-order valence-corrected chi connectivity index (χ0v) is 14.2. The van der Waals surface area contributed by atoms with Gasteiger partial charge in [-0.25, -0.2) is 4.98 Å². The number of thiazole rings is 1. The minimum Gasteiger partial charge on any atom is -0.379 e. The van der Waals surface area contributed by atoms with E-state index in [9.17, 15) is 4.79 Å². The minimum atomic E-state index is -0.0121. The number of nitrogens with zero attached hydrogens (tertiary/aromatic N) is 2. The molecule has 1 N–H and O–H groups in total. The molecular weight excluding hydrogens is 286 g/mol. The fourth-order valence-electron chi connectivity index (χ4n) is 2.16. The summed E-state index contributed by atoms with van der Waals surface area (Å²) in [6.07, 6.45) is 0. The van der Waals surface area contributed by atoms with Crippen molar-refractivity contribution in [1.29, 1.82) is 0 Å². The Morgan fingerprint density at radius 3 is 2.62 bits per heavy atom. The first-order valence-electron chi connectivity index (χ1n) is 7.44. The third-order valence-corrected chi connectivity index (χ3v) is 5.04. The highest BCUT2D eigenvalue weighted by Gasteiger charge is 2.23. The molecule has 6 heteroatoms. The number of nitrogens with one attached hydrogen (secondary N) is 1. The fourth-order valence-corrected chi connectivity index (χ4v) is 3.20. The molecule has 2 rings (SSSR count). The third-order valence-electron chi connectivity index (χ3n) is 3.46. The van der Waals surface area contributed by atoms with Crippen LogP contribution in [0.4, 0.5) is 0 Å². The minimum absolute atomic E-state index is 0.00578. The Morgan fingerprint density at radius 1 is 1.38 bits per heavy atom. The van der Waals surface area contributed by atoms with Gasteiger partial charge in [0.1, 0.15) is 4.88 Å². The number of aromatic nitrogens is 1. The number of carbonyl (C=O) groups excluding carboxylic acids is 1. The average molecular weight is 311 g/mol. The van der Waals surface area contributed by atoms with Crippen LogP contribution >= 0.6 is 11.3 Å². The number of carbonyl (C=O) groups is 1. The third kappa shape index (κ3) is 4.49. The molecule has 0 spiro atoms. The lowest BCUT2D eigenvalue weighted by molar-refractivity contribution is 0.0383. The van der Waals surface area contributed by atoms with Gasteiger partial charge in [0, 0.05) is 31.6 Å². The van der Waals surface area contributed by atoms with E-state index in [-0.39, 0.29) is 11.3 Å². The van der Waals surface area contributed by atoms with Crippen LogP contribution in [-0.4, -0.2) is 55.2 Å². The van der Waals surface area contributed by atoms with Crippen molar-refractivity contribution >= 4 is 17.2 Å². The van der Waals surface area contributed by atoms with E-state index >= 15 is 0 Å². The quantitative estimate of drug-likeness (QED) is 0.921. The highest BCUT2D eigenvalue weighted by atomic mass is 32.1. The molecule has 0 bridgehead atoms. The lowest BCUT2D eigenvalue weighted by Crippen LogP contribution is -2.41. The smallest absolute Gasteiger partial charge is 0.263 e. The van der Waals surface area contributed by atoms with Gasteiger partial charge in [-0.3, -0.25) is 9.69 Å². The molecule has 0 aliphatic carbocycles. The second-order valence-corrected chi connectivity index (χ2v) is 7.39. The molecule has 2 heterocycles. The van der Waals surface area contributed by atoms with Crippen LogP contribution in [0, 0.1) is 6.92 Å². The molecule has 0 radical (unpaired) electrons. The molecule has 1 aliphatic heterocycles. The summed E-state index contributed by atoms with van der Waals surface area (Å²) < 4.78 is 5.31. The molecule has 118 valence electrons. The van der Waals surface area contributed by atoms with Crippen LogP contribution in [-0.2, 0) is 10.2 Å². The Kier molecular flexibility index (Phi) is 5.35. The number of morpholine rings is 1. The van der Waals surface area contributed by atoms with Crippen LogP contribution in [0.1, 0.15) is 41.1 Å². The maximum Gasteiger partial charge on any atom is 0.263 e. The summed E-state index contributed by atoms with van der Waals surface area (Å²) in [5.74, 6) is -0.00578. The predicted octanol–water partition coefficient (Wildman–Crippen LogP) is 1.81. The van der Waals surface area contributed by atoms with E-state index in [0.717, 1.165) is 48.4 Å². The van der Waals surface area contributed by atoms with Crippen molar-refractivity contribution in [1.82, 2.24) is 15.2 Å². The van der Waals surface area contributed by atoms with Crippen molar-refractivity contribution in [3.05, 3.63) is 15.6 Å². The SMILES string of the molecule is Cc1nc(C(C)(C)C)sc1C(=O)NCCN1CCOCC1. The summed E-state index contributed by atoms with van der Waals surface area (Å²) in [5, 5.41) is 4.01. The van der Waals surface area contributed by atoms with E-state index in [4.69, 9.17) is 4.74 Å². The zero-order valence-electron chi connectivity index (χ0n) is 13.4. The summed E-state index contributed by atoms with van der Waals surface area (Å²) in [6, 6.07) is 0. The van der Waals surface area contributed by atoms with E-state index in [1.807, 2.05) is 6.92 Å². The second-order valence-electron chi connectivity index (χ2n) is 6.39. The molecule has 1 aromatic heterocycles. The zero-order chi connectivity index (χ0) is 15.5. The summed E-state index contributed by atoms with van der Waals surface area (Å²) in [7, 11) is 0. The number of amides is 1. The van der Waals surface area contributed by atoms with Crippen molar-refractivity contribution < 1.29 is 9.53 Å². The molecule has 1 saturated heterocycles. The average Bonchev–Trinajstić information content (AvgIpc) is 2.82. The highest BCUT2D eigenvalue weighted by molar-refractivity contribution is 7.14. The molecule has 5 nitrogen and oxygen atoms in total. The number of rotatable bonds is 4. The second kappa shape index (κ2) is 6.85. The maximum absolute atomic E-state index is 12.3. The van der Waals surface area contributed by atoms with Crippen molar-refractivity contribution in [3.63, 3.8) is 0 Å². The molecule has 0 aromatic carbocycles. The van der Waals surface area contributed by atoms with E-state index in [2.05, 4.69) is 36.0 Å². The highest BCUT2D eigenvalue weighted by Crippen LogP contribution is 2.29. The van der Waals surface area contributed by atoms with Gasteiger partial charge in [-0.2, -0.15) is 0 Å². The van der Waals surface area contributed by atoms with Gasteiger partial charge in [0.2, 0.25) is 0 Å². The van der Waals surface area contributed by atoms with E-state index in [0.29, 0.717) is 6.54 Å². The van der Waals surface area contributed by atoms with Gasteiger partial charge < -0.3 is 10.1 Å². The van der Waals surface area contributed by atoms with Gasteiger partial charge >= 0.3 is 0 Å². The maximum atomic E-state index is 12.3. The van der Waals surface area contributed by atoms with Gasteiger partial charge in [0.15, 0.2) is 0 Å². The van der Waals surface area contributed by atoms with Crippen LogP contribution in [0.3, 0.4) is 0 Å². The van der Waals surface area contributed by atoms with E-state index < -0.39 is 0 Å². The van der Waals surface area contributed by atoms with Crippen LogP contribution in [0.25, 0.3) is 0 Å². The monoisotopic (exact) mass is 311 g/mol. The first-order chi connectivity index (χ1) is 9.88. The molecule has 1 amide bonds. The topological polar surface area (TPSA) is 54.5 Å². The van der Waals surface area contributed by atoms with Gasteiger partial charge in [0.05, 0.1) is 23.9 Å². The van der Waals surface area contributed by atoms with E-state index in [1.54, 1.807) is 0 Å². The summed E-state index contributed by atoms with van der Waals surface area (Å²) >= 11 is 1.50. The van der Waals surface area contributed by atoms with Gasteiger partial charge in [-0.15, -0.1) is 11.3 Å². The Hall–Kier alpha value is -0.980. The Morgan fingerprint density at radius 2 is 2.05 bits per heavy atom. The number of ether oxygens (including phenoxy) is 1. The molecular formula is C15H25N3O2S. The summed E-state index contributed by atoms with van der Waals surface area (Å²) in [5.41, 5.74) is 0.815. The Balaban J connectivity index is 1.87.